The van der Waals surface area contributed by atoms with Gasteiger partial charge >= 0.3 is 6.85 Å². The van der Waals surface area contributed by atoms with Crippen molar-refractivity contribution >= 4 is 46.2 Å². The first kappa shape index (κ1) is 34.6. The van der Waals surface area contributed by atoms with Crippen LogP contribution in [0.2, 0.25) is 0 Å². The second-order valence-corrected chi connectivity index (χ2v) is 17.1. The van der Waals surface area contributed by atoms with Gasteiger partial charge in [0, 0.05) is 39.6 Å². The van der Waals surface area contributed by atoms with Gasteiger partial charge in [0.2, 0.25) is 0 Å². The third-order valence-corrected chi connectivity index (χ3v) is 14.0. The van der Waals surface area contributed by atoms with E-state index in [1.807, 2.05) is 0 Å². The van der Waals surface area contributed by atoms with E-state index in [4.69, 9.17) is 0 Å². The van der Waals surface area contributed by atoms with Crippen molar-refractivity contribution < 1.29 is 0 Å². The Balaban J connectivity index is 1.05. The molecule has 0 atom stereocenters. The predicted octanol–water partition coefficient (Wildman–Crippen LogP) is 14.7. The van der Waals surface area contributed by atoms with Gasteiger partial charge in [0.15, 0.2) is 0 Å². The molecule has 14 rings (SSSR count). The summed E-state index contributed by atoms with van der Waals surface area (Å²) in [6.07, 6.45) is 0. The van der Waals surface area contributed by atoms with Crippen LogP contribution in [0.1, 0.15) is 0 Å². The predicted molar refractivity (Wildman–Crippen MR) is 265 cm³/mol. The largest absolute Gasteiger partial charge is 0.376 e. The Morgan fingerprint density at radius 2 is 0.635 bits per heavy atom. The molecule has 0 bridgehead atoms. The Morgan fingerprint density at radius 1 is 0.238 bits per heavy atom. The van der Waals surface area contributed by atoms with E-state index < -0.39 is 0 Å². The highest BCUT2D eigenvalue weighted by Gasteiger charge is 2.49. The monoisotopic (exact) mass is 796 g/mol. The molecule has 3 heteroatoms. The van der Waals surface area contributed by atoms with Crippen LogP contribution in [0.5, 0.6) is 0 Å². The maximum atomic E-state index is 2.65. The van der Waals surface area contributed by atoms with Crippen molar-refractivity contribution in [1.29, 1.82) is 0 Å². The molecule has 63 heavy (non-hydrogen) atoms. The molecule has 3 heterocycles. The minimum Gasteiger partial charge on any atom is -0.376 e. The zero-order chi connectivity index (χ0) is 41.2. The highest BCUT2D eigenvalue weighted by atomic mass is 15.2. The van der Waals surface area contributed by atoms with Gasteiger partial charge in [0.25, 0.3) is 0 Å². The van der Waals surface area contributed by atoms with Crippen LogP contribution in [0.25, 0.3) is 89.0 Å². The zero-order valence-corrected chi connectivity index (χ0v) is 34.3. The molecule has 0 radical (unpaired) electrons. The number of nitrogens with zero attached hydrogens (tertiary/aromatic N) is 2. The summed E-state index contributed by atoms with van der Waals surface area (Å²) < 4.78 is 0. The second-order valence-electron chi connectivity index (χ2n) is 17.1. The van der Waals surface area contributed by atoms with Crippen molar-refractivity contribution in [3.8, 4) is 89.0 Å². The topological polar surface area (TPSA) is 6.48 Å². The van der Waals surface area contributed by atoms with E-state index >= 15 is 0 Å². The number of rotatable bonds is 3. The third kappa shape index (κ3) is 4.91. The first-order chi connectivity index (χ1) is 31.3. The van der Waals surface area contributed by atoms with Crippen LogP contribution in [0.3, 0.4) is 0 Å². The lowest BCUT2D eigenvalue weighted by Gasteiger charge is -2.49. The summed E-state index contributed by atoms with van der Waals surface area (Å²) in [5.74, 6) is 0. The molecule has 10 aromatic carbocycles. The van der Waals surface area contributed by atoms with Crippen molar-refractivity contribution in [2.24, 2.45) is 0 Å². The fourth-order valence-electron chi connectivity index (χ4n) is 11.3. The highest BCUT2D eigenvalue weighted by Crippen LogP contribution is 2.54. The van der Waals surface area contributed by atoms with Gasteiger partial charge < -0.3 is 9.71 Å². The van der Waals surface area contributed by atoms with Crippen LogP contribution in [-0.2, 0) is 0 Å². The Kier molecular flexibility index (Phi) is 7.23. The summed E-state index contributed by atoms with van der Waals surface area (Å²) in [5, 5.41) is 0. The minimum atomic E-state index is -0.00255. The van der Waals surface area contributed by atoms with Crippen LogP contribution < -0.4 is 20.6 Å². The molecule has 290 valence electrons. The van der Waals surface area contributed by atoms with Crippen LogP contribution in [-0.4, -0.2) is 6.85 Å². The molecule has 1 aliphatic carbocycles. The Bertz CT molecular complexity index is 3390. The van der Waals surface area contributed by atoms with Crippen LogP contribution in [0.4, 0.5) is 28.4 Å². The van der Waals surface area contributed by atoms with Gasteiger partial charge in [-0.1, -0.05) is 176 Å². The smallest absolute Gasteiger partial charge is 0.333 e. The number of anilines is 5. The molecule has 2 nitrogen and oxygen atoms in total. The van der Waals surface area contributed by atoms with Crippen molar-refractivity contribution in [3.63, 3.8) is 0 Å². The Hall–Kier alpha value is -8.14. The molecule has 0 unspecified atom stereocenters. The molecule has 0 saturated heterocycles. The maximum Gasteiger partial charge on any atom is 0.333 e. The van der Waals surface area contributed by atoms with Crippen molar-refractivity contribution in [3.05, 3.63) is 224 Å². The van der Waals surface area contributed by atoms with Crippen LogP contribution in [0, 0.1) is 0 Å². The standard InChI is InChI=1S/C60H37BN2/c1-3-15-38(16-4-1)40-29-33-55-53(35-40)50-25-13-27-57-59(50)61-60-51(54-36-41(30-34-56(54)63(55)61)39-17-5-2-6-18-39)26-14-28-58(60)62(57)42-31-32-49-47-23-10-9-21-45(47)43-19-7-8-20-44(43)46-22-11-12-24-48(46)52(49)37-42/h1-37H. The zero-order valence-electron chi connectivity index (χ0n) is 34.3. The molecule has 0 amide bonds. The van der Waals surface area contributed by atoms with E-state index in [-0.39, 0.29) is 6.85 Å². The summed E-state index contributed by atoms with van der Waals surface area (Å²) in [6, 6.07) is 83.7. The molecule has 10 aromatic rings. The number of benzene rings is 10. The average molecular weight is 797 g/mol. The molecule has 0 spiro atoms. The average Bonchev–Trinajstić information content (AvgIpc) is 3.36. The Morgan fingerprint density at radius 3 is 1.10 bits per heavy atom. The van der Waals surface area contributed by atoms with Crippen molar-refractivity contribution in [2.45, 2.75) is 0 Å². The molecule has 0 saturated carbocycles. The number of hydrogen-bond acceptors (Lipinski definition) is 2. The maximum absolute atomic E-state index is 2.65. The molecular weight excluding hydrogens is 759 g/mol. The van der Waals surface area contributed by atoms with Crippen molar-refractivity contribution in [2.75, 3.05) is 9.71 Å². The van der Waals surface area contributed by atoms with Gasteiger partial charge in [-0.25, -0.2) is 0 Å². The van der Waals surface area contributed by atoms with Crippen molar-refractivity contribution in [1.82, 2.24) is 0 Å². The lowest BCUT2D eigenvalue weighted by molar-refractivity contribution is 1.26. The van der Waals surface area contributed by atoms with E-state index in [1.54, 1.807) is 0 Å². The molecule has 3 aliphatic heterocycles. The highest BCUT2D eigenvalue weighted by molar-refractivity contribution is 6.95. The summed E-state index contributed by atoms with van der Waals surface area (Å²) in [4.78, 5) is 5.21. The lowest BCUT2D eigenvalue weighted by Crippen LogP contribution is -2.63. The number of fused-ring (bicyclic) bond motifs is 14. The van der Waals surface area contributed by atoms with Gasteiger partial charge in [0.05, 0.1) is 0 Å². The second kappa shape index (κ2) is 13.2. The van der Waals surface area contributed by atoms with Gasteiger partial charge in [-0.15, -0.1) is 0 Å². The Labute approximate surface area is 367 Å². The van der Waals surface area contributed by atoms with Gasteiger partial charge in [0.1, 0.15) is 0 Å². The minimum absolute atomic E-state index is 0.00255. The molecule has 0 N–H and O–H groups in total. The van der Waals surface area contributed by atoms with E-state index in [0.29, 0.717) is 0 Å². The van der Waals surface area contributed by atoms with E-state index in [2.05, 4.69) is 234 Å². The fourth-order valence-corrected chi connectivity index (χ4v) is 11.3. The first-order valence-corrected chi connectivity index (χ1v) is 22.0. The number of hydrogen-bond donors (Lipinski definition) is 0. The molecular formula is C60H37BN2. The third-order valence-electron chi connectivity index (χ3n) is 14.0. The lowest BCUT2D eigenvalue weighted by atomic mass is 9.41. The molecule has 0 aromatic heterocycles. The van der Waals surface area contributed by atoms with E-state index in [0.717, 1.165) is 5.69 Å². The quantitative estimate of drug-likeness (QED) is 0.164. The van der Waals surface area contributed by atoms with E-state index in [9.17, 15) is 0 Å². The van der Waals surface area contributed by atoms with Crippen LogP contribution >= 0.6 is 0 Å². The van der Waals surface area contributed by atoms with E-state index in [1.165, 1.54) is 123 Å². The summed E-state index contributed by atoms with van der Waals surface area (Å²) >= 11 is 0. The molecule has 4 aliphatic rings. The van der Waals surface area contributed by atoms with Gasteiger partial charge in [-0.05, 0) is 137 Å². The normalized spacial score (nSPS) is 13.0. The van der Waals surface area contributed by atoms with Crippen LogP contribution in [0.15, 0.2) is 224 Å². The SMILES string of the molecule is c1ccc(-c2ccc3c(c2)-c2cccc4c2B2c5c(cccc5N4c4ccc5c(c4)-c4ccccc4-c4ccccc4-c4ccccc4-5)-c4cc(-c5ccccc5)ccc4N23)cc1. The summed E-state index contributed by atoms with van der Waals surface area (Å²) in [5.41, 5.74) is 28.7. The fraction of sp³-hybridized carbons (Fsp3) is 0. The first-order valence-electron chi connectivity index (χ1n) is 22.0. The van der Waals surface area contributed by atoms with Gasteiger partial charge in [-0.2, -0.15) is 0 Å². The summed E-state index contributed by atoms with van der Waals surface area (Å²) in [7, 11) is 0. The molecule has 0 fully saturated rings. The van der Waals surface area contributed by atoms with Gasteiger partial charge in [-0.3, -0.25) is 0 Å². The summed E-state index contributed by atoms with van der Waals surface area (Å²) in [6.45, 7) is -0.00255.